The van der Waals surface area contributed by atoms with Crippen LogP contribution in [-0.2, 0) is 6.54 Å². The van der Waals surface area contributed by atoms with Gasteiger partial charge in [-0.05, 0) is 24.1 Å². The average Bonchev–Trinajstić information content (AvgIpc) is 2.96. The fourth-order valence-electron chi connectivity index (χ4n) is 3.00. The second-order valence-electron chi connectivity index (χ2n) is 5.90. The zero-order chi connectivity index (χ0) is 15.7. The van der Waals surface area contributed by atoms with Gasteiger partial charge in [-0.3, -0.25) is 4.79 Å². The quantitative estimate of drug-likeness (QED) is 0.916. The number of furan rings is 1. The highest BCUT2D eigenvalue weighted by molar-refractivity contribution is 6.07. The van der Waals surface area contributed by atoms with Crippen molar-refractivity contribution in [2.45, 2.75) is 13.5 Å². The molecule has 2 aromatic rings. The second-order valence-corrected chi connectivity index (χ2v) is 5.90. The summed E-state index contributed by atoms with van der Waals surface area (Å²) in [6.45, 7) is 4.05. The Balaban J connectivity index is 0.00000192. The molecule has 1 aromatic carbocycles. The van der Waals surface area contributed by atoms with Crippen molar-refractivity contribution in [1.29, 1.82) is 0 Å². The van der Waals surface area contributed by atoms with Crippen LogP contribution in [0.3, 0.4) is 0 Å². The molecule has 3 rings (SSSR count). The van der Waals surface area contributed by atoms with E-state index >= 15 is 0 Å². The number of anilines is 2. The zero-order valence-corrected chi connectivity index (χ0v) is 14.2. The number of carbonyl (C=O) groups excluding carboxylic acids is 1. The monoisotopic (exact) mass is 335 g/mol. The molecule has 124 valence electrons. The summed E-state index contributed by atoms with van der Waals surface area (Å²) in [5, 5.41) is 0. The van der Waals surface area contributed by atoms with Gasteiger partial charge in [0.05, 0.1) is 23.5 Å². The number of hydrogen-bond donors (Lipinski definition) is 1. The molecule has 1 aromatic heterocycles. The molecule has 1 aliphatic rings. The van der Waals surface area contributed by atoms with E-state index in [1.165, 1.54) is 6.26 Å². The highest BCUT2D eigenvalue weighted by Gasteiger charge is 2.27. The Hall–Kier alpha value is -1.98. The Kier molecular flexibility index (Phi) is 5.34. The fraction of sp³-hybridized carbons (Fsp3) is 0.353. The first-order valence-corrected chi connectivity index (χ1v) is 7.49. The number of fused-ring (bicyclic) bond motifs is 1. The predicted octanol–water partition coefficient (Wildman–Crippen LogP) is 2.89. The third-order valence-corrected chi connectivity index (χ3v) is 4.01. The summed E-state index contributed by atoms with van der Waals surface area (Å²) in [5.74, 6) is 0.955. The molecular weight excluding hydrogens is 314 g/mol. The summed E-state index contributed by atoms with van der Waals surface area (Å²) < 4.78 is 5.31. The highest BCUT2D eigenvalue weighted by Crippen LogP contribution is 2.33. The number of amides is 1. The minimum atomic E-state index is -0.0435. The first-order valence-electron chi connectivity index (χ1n) is 7.49. The minimum absolute atomic E-state index is 0. The smallest absolute Gasteiger partial charge is 0.261 e. The van der Waals surface area contributed by atoms with Crippen LogP contribution in [0.5, 0.6) is 0 Å². The van der Waals surface area contributed by atoms with E-state index in [2.05, 4.69) is 18.9 Å². The Bertz CT molecular complexity index is 686. The first kappa shape index (κ1) is 17.4. The second kappa shape index (κ2) is 7.06. The van der Waals surface area contributed by atoms with Gasteiger partial charge >= 0.3 is 0 Å². The maximum Gasteiger partial charge on any atom is 0.261 e. The lowest BCUT2D eigenvalue weighted by Gasteiger charge is -2.24. The molecule has 2 heterocycles. The van der Waals surface area contributed by atoms with Crippen LogP contribution < -0.4 is 15.5 Å². The maximum atomic E-state index is 12.9. The van der Waals surface area contributed by atoms with E-state index in [1.54, 1.807) is 6.07 Å². The van der Waals surface area contributed by atoms with Gasteiger partial charge in [0.15, 0.2) is 0 Å². The Morgan fingerprint density at radius 1 is 1.30 bits per heavy atom. The lowest BCUT2D eigenvalue weighted by Crippen LogP contribution is -2.34. The molecule has 23 heavy (non-hydrogen) atoms. The molecule has 1 unspecified atom stereocenters. The largest absolute Gasteiger partial charge is 0.467 e. The maximum absolute atomic E-state index is 12.9. The Morgan fingerprint density at radius 2 is 2.00 bits per heavy atom. The van der Waals surface area contributed by atoms with Crippen molar-refractivity contribution in [1.82, 2.24) is 0 Å². The van der Waals surface area contributed by atoms with Gasteiger partial charge in [0.2, 0.25) is 0 Å². The first-order chi connectivity index (χ1) is 10.6. The van der Waals surface area contributed by atoms with E-state index < -0.39 is 0 Å². The van der Waals surface area contributed by atoms with Crippen molar-refractivity contribution in [3.63, 3.8) is 0 Å². The lowest BCUT2D eigenvalue weighted by atomic mass is 10.1. The predicted molar refractivity (Wildman–Crippen MR) is 94.4 cm³/mol. The van der Waals surface area contributed by atoms with Crippen molar-refractivity contribution >= 4 is 29.7 Å². The fourth-order valence-corrected chi connectivity index (χ4v) is 3.00. The summed E-state index contributed by atoms with van der Waals surface area (Å²) in [5.41, 5.74) is 8.12. The molecule has 0 fully saturated rings. The van der Waals surface area contributed by atoms with Gasteiger partial charge in [0.1, 0.15) is 12.0 Å². The normalized spacial score (nSPS) is 17.3. The molecular formula is C17H22ClN3O2. The third kappa shape index (κ3) is 3.35. The Labute approximate surface area is 142 Å². The van der Waals surface area contributed by atoms with Crippen LogP contribution in [0.4, 0.5) is 11.4 Å². The van der Waals surface area contributed by atoms with Crippen LogP contribution in [-0.4, -0.2) is 26.0 Å². The number of para-hydroxylation sites is 2. The molecule has 1 aliphatic heterocycles. The zero-order valence-electron chi connectivity index (χ0n) is 13.4. The molecule has 1 amide bonds. The summed E-state index contributed by atoms with van der Waals surface area (Å²) in [6.07, 6.45) is 1.49. The van der Waals surface area contributed by atoms with Crippen molar-refractivity contribution in [2.24, 2.45) is 11.7 Å². The average molecular weight is 336 g/mol. The van der Waals surface area contributed by atoms with Gasteiger partial charge in [-0.2, -0.15) is 0 Å². The van der Waals surface area contributed by atoms with E-state index in [1.807, 2.05) is 29.2 Å². The van der Waals surface area contributed by atoms with E-state index in [4.69, 9.17) is 10.2 Å². The molecule has 6 heteroatoms. The molecule has 5 nitrogen and oxygen atoms in total. The molecule has 0 spiro atoms. The SMILES string of the molecule is CC1CN(C)c2ccccc2N(C(=O)c2coc(CN)c2)C1.Cl. The number of rotatable bonds is 2. The van der Waals surface area contributed by atoms with Crippen molar-refractivity contribution in [3.05, 3.63) is 47.9 Å². The van der Waals surface area contributed by atoms with E-state index in [0.29, 0.717) is 30.3 Å². The molecule has 0 saturated carbocycles. The number of hydrogen-bond acceptors (Lipinski definition) is 4. The number of benzene rings is 1. The van der Waals surface area contributed by atoms with Gasteiger partial charge in [0, 0.05) is 20.1 Å². The summed E-state index contributed by atoms with van der Waals surface area (Å²) in [4.78, 5) is 16.9. The van der Waals surface area contributed by atoms with E-state index in [9.17, 15) is 4.79 Å². The van der Waals surface area contributed by atoms with Gasteiger partial charge in [-0.1, -0.05) is 19.1 Å². The van der Waals surface area contributed by atoms with Crippen LogP contribution in [0.2, 0.25) is 0 Å². The molecule has 0 bridgehead atoms. The molecule has 2 N–H and O–H groups in total. The van der Waals surface area contributed by atoms with Crippen LogP contribution in [0.25, 0.3) is 0 Å². The van der Waals surface area contributed by atoms with Crippen LogP contribution in [0.1, 0.15) is 23.0 Å². The van der Waals surface area contributed by atoms with Gasteiger partial charge in [0.25, 0.3) is 5.91 Å². The van der Waals surface area contributed by atoms with Crippen molar-refractivity contribution < 1.29 is 9.21 Å². The van der Waals surface area contributed by atoms with E-state index in [-0.39, 0.29) is 18.3 Å². The molecule has 0 radical (unpaired) electrons. The topological polar surface area (TPSA) is 62.7 Å². The lowest BCUT2D eigenvalue weighted by molar-refractivity contribution is 0.0983. The van der Waals surface area contributed by atoms with Crippen LogP contribution in [0.15, 0.2) is 41.0 Å². The van der Waals surface area contributed by atoms with E-state index in [0.717, 1.165) is 17.9 Å². The highest BCUT2D eigenvalue weighted by atomic mass is 35.5. The molecule has 1 atom stereocenters. The number of carbonyl (C=O) groups is 1. The van der Waals surface area contributed by atoms with Crippen LogP contribution >= 0.6 is 12.4 Å². The Morgan fingerprint density at radius 3 is 2.65 bits per heavy atom. The summed E-state index contributed by atoms with van der Waals surface area (Å²) in [6, 6.07) is 9.73. The standard InChI is InChI=1S/C17H21N3O2.ClH/c1-12-9-19(2)15-5-3-4-6-16(15)20(10-12)17(21)13-7-14(8-18)22-11-13;/h3-7,11-12H,8-10,18H2,1-2H3;1H. The van der Waals surface area contributed by atoms with Crippen molar-refractivity contribution in [2.75, 3.05) is 29.9 Å². The number of halogens is 1. The van der Waals surface area contributed by atoms with Gasteiger partial charge in [-0.25, -0.2) is 0 Å². The summed E-state index contributed by atoms with van der Waals surface area (Å²) in [7, 11) is 2.06. The summed E-state index contributed by atoms with van der Waals surface area (Å²) >= 11 is 0. The minimum Gasteiger partial charge on any atom is -0.467 e. The van der Waals surface area contributed by atoms with Crippen LogP contribution in [0, 0.1) is 5.92 Å². The third-order valence-electron chi connectivity index (χ3n) is 4.01. The molecule has 0 aliphatic carbocycles. The van der Waals surface area contributed by atoms with Gasteiger partial charge < -0.3 is 20.0 Å². The number of nitrogens with zero attached hydrogens (tertiary/aromatic N) is 2. The number of nitrogens with two attached hydrogens (primary N) is 1. The van der Waals surface area contributed by atoms with Crippen molar-refractivity contribution in [3.8, 4) is 0 Å². The molecule has 0 saturated heterocycles. The van der Waals surface area contributed by atoms with Gasteiger partial charge in [-0.15, -0.1) is 12.4 Å².